The molecule has 0 spiro atoms. The van der Waals surface area contributed by atoms with E-state index in [4.69, 9.17) is 4.74 Å². The van der Waals surface area contributed by atoms with Crippen LogP contribution in [0.1, 0.15) is 22.9 Å². The number of ether oxygens (including phenoxy) is 1. The third-order valence-electron chi connectivity index (χ3n) is 4.57. The van der Waals surface area contributed by atoms with E-state index >= 15 is 0 Å². The molecule has 0 saturated heterocycles. The number of H-pyrrole nitrogens is 1. The largest absolute Gasteiger partial charge is 0.453 e. The lowest BCUT2D eigenvalue weighted by Gasteiger charge is -2.35. The quantitative estimate of drug-likeness (QED) is 0.735. The molecule has 3 heterocycles. The topological polar surface area (TPSA) is 58.2 Å². The summed E-state index contributed by atoms with van der Waals surface area (Å²) in [5.41, 5.74) is 2.94. The second-order valence-corrected chi connectivity index (χ2v) is 5.91. The first-order valence-corrected chi connectivity index (χ1v) is 7.85. The molecule has 1 aliphatic heterocycles. The summed E-state index contributed by atoms with van der Waals surface area (Å²) in [6.45, 7) is 0.408. The minimum absolute atomic E-state index is 0.408. The Balaban J connectivity index is 1.92. The summed E-state index contributed by atoms with van der Waals surface area (Å²) in [6, 6.07) is 6.86. The van der Waals surface area contributed by atoms with E-state index in [0.29, 0.717) is 24.2 Å². The number of aromatic amines is 1. The van der Waals surface area contributed by atoms with Gasteiger partial charge in [0, 0.05) is 23.8 Å². The summed E-state index contributed by atoms with van der Waals surface area (Å²) in [4.78, 5) is 21.3. The first-order valence-electron chi connectivity index (χ1n) is 7.85. The fraction of sp³-hybridized carbons (Fsp3) is 0.222. The number of rotatable bonds is 1. The molecule has 4 rings (SSSR count). The van der Waals surface area contributed by atoms with E-state index in [1.165, 1.54) is 18.1 Å². The highest BCUT2D eigenvalue weighted by atomic mass is 19.2. The highest BCUT2D eigenvalue weighted by Gasteiger charge is 2.35. The van der Waals surface area contributed by atoms with Crippen LogP contribution in [0.25, 0.3) is 11.0 Å². The Kier molecular flexibility index (Phi) is 3.63. The number of hydrogen-bond donors (Lipinski definition) is 1. The number of hydrogen-bond acceptors (Lipinski definition) is 3. The highest BCUT2D eigenvalue weighted by molar-refractivity contribution is 5.83. The molecular formula is C18H15F2N3O2. The lowest BCUT2D eigenvalue weighted by Crippen LogP contribution is -2.40. The summed E-state index contributed by atoms with van der Waals surface area (Å²) in [6.07, 6.45) is 1.78. The van der Waals surface area contributed by atoms with Crippen molar-refractivity contribution in [3.63, 3.8) is 0 Å². The van der Waals surface area contributed by atoms with Gasteiger partial charge >= 0.3 is 6.09 Å². The number of halogens is 2. The van der Waals surface area contributed by atoms with E-state index in [1.54, 1.807) is 6.20 Å². The van der Waals surface area contributed by atoms with E-state index in [1.807, 2.05) is 12.1 Å². The van der Waals surface area contributed by atoms with Gasteiger partial charge in [-0.25, -0.2) is 18.6 Å². The number of benzene rings is 1. The van der Waals surface area contributed by atoms with E-state index < -0.39 is 23.8 Å². The van der Waals surface area contributed by atoms with Crippen LogP contribution in [0.5, 0.6) is 0 Å². The second-order valence-electron chi connectivity index (χ2n) is 5.91. The normalized spacial score (nSPS) is 16.8. The lowest BCUT2D eigenvalue weighted by atomic mass is 9.93. The maximum absolute atomic E-state index is 13.8. The maximum atomic E-state index is 13.8. The molecule has 128 valence electrons. The molecule has 1 N–H and O–H groups in total. The van der Waals surface area contributed by atoms with Gasteiger partial charge in [-0.2, -0.15) is 0 Å². The molecular weight excluding hydrogens is 328 g/mol. The standard InChI is InChI=1S/C18H15F2N3O2/c1-25-18(24)23-8-6-11-12-3-2-7-21-17(12)22-15(11)16(23)10-4-5-13(19)14(20)9-10/h2-5,7,9,16H,6,8H2,1H3,(H,21,22). The smallest absolute Gasteiger partial charge is 0.410 e. The number of nitrogens with zero attached hydrogens (tertiary/aromatic N) is 2. The van der Waals surface area contributed by atoms with E-state index in [2.05, 4.69) is 9.97 Å². The minimum atomic E-state index is -0.955. The monoisotopic (exact) mass is 343 g/mol. The maximum Gasteiger partial charge on any atom is 0.410 e. The van der Waals surface area contributed by atoms with Crippen LogP contribution < -0.4 is 0 Å². The van der Waals surface area contributed by atoms with Gasteiger partial charge in [0.25, 0.3) is 0 Å². The lowest BCUT2D eigenvalue weighted by molar-refractivity contribution is 0.108. The van der Waals surface area contributed by atoms with Crippen molar-refractivity contribution in [2.45, 2.75) is 12.5 Å². The number of methoxy groups -OCH3 is 1. The highest BCUT2D eigenvalue weighted by Crippen LogP contribution is 2.38. The van der Waals surface area contributed by atoms with Gasteiger partial charge in [-0.1, -0.05) is 6.07 Å². The van der Waals surface area contributed by atoms with Crippen LogP contribution in [-0.2, 0) is 11.2 Å². The van der Waals surface area contributed by atoms with Gasteiger partial charge in [0.1, 0.15) is 11.7 Å². The van der Waals surface area contributed by atoms with Crippen LogP contribution in [-0.4, -0.2) is 34.6 Å². The zero-order valence-corrected chi connectivity index (χ0v) is 13.4. The third-order valence-corrected chi connectivity index (χ3v) is 4.57. The van der Waals surface area contributed by atoms with Crippen molar-refractivity contribution in [3.05, 3.63) is 65.0 Å². The number of aromatic nitrogens is 2. The number of carbonyl (C=O) groups excluding carboxylic acids is 1. The van der Waals surface area contributed by atoms with Crippen LogP contribution in [0.3, 0.4) is 0 Å². The fourth-order valence-corrected chi connectivity index (χ4v) is 3.46. The first kappa shape index (κ1) is 15.6. The average molecular weight is 343 g/mol. The Morgan fingerprint density at radius 2 is 2.16 bits per heavy atom. The van der Waals surface area contributed by atoms with Crippen molar-refractivity contribution in [1.82, 2.24) is 14.9 Å². The van der Waals surface area contributed by atoms with Crippen LogP contribution >= 0.6 is 0 Å². The Labute approximate surface area is 142 Å². The zero-order chi connectivity index (χ0) is 17.6. The Morgan fingerprint density at radius 1 is 1.32 bits per heavy atom. The molecule has 0 fully saturated rings. The summed E-state index contributed by atoms with van der Waals surface area (Å²) in [7, 11) is 1.30. The molecule has 1 unspecified atom stereocenters. The number of carbonyl (C=O) groups is 1. The molecule has 1 aliphatic rings. The summed E-state index contributed by atoms with van der Waals surface area (Å²) < 4.78 is 32.0. The molecule has 0 aliphatic carbocycles. The molecule has 1 amide bonds. The number of fused-ring (bicyclic) bond motifs is 3. The summed E-state index contributed by atoms with van der Waals surface area (Å²) in [5, 5.41) is 0.967. The fourth-order valence-electron chi connectivity index (χ4n) is 3.46. The van der Waals surface area contributed by atoms with Gasteiger partial charge in [-0.3, -0.25) is 4.90 Å². The first-order chi connectivity index (χ1) is 12.1. The molecule has 5 nitrogen and oxygen atoms in total. The molecule has 7 heteroatoms. The molecule has 0 saturated carbocycles. The van der Waals surface area contributed by atoms with Crippen molar-refractivity contribution in [2.24, 2.45) is 0 Å². The van der Waals surface area contributed by atoms with Crippen LogP contribution in [0.2, 0.25) is 0 Å². The Morgan fingerprint density at radius 3 is 2.92 bits per heavy atom. The van der Waals surface area contributed by atoms with Gasteiger partial charge in [-0.15, -0.1) is 0 Å². The number of nitrogens with one attached hydrogen (secondary N) is 1. The molecule has 3 aromatic rings. The molecule has 0 bridgehead atoms. The predicted octanol–water partition coefficient (Wildman–Crippen LogP) is 3.56. The molecule has 1 aromatic carbocycles. The van der Waals surface area contributed by atoms with Crippen molar-refractivity contribution >= 4 is 17.1 Å². The second kappa shape index (κ2) is 5.84. The number of pyridine rings is 1. The van der Waals surface area contributed by atoms with Gasteiger partial charge in [0.2, 0.25) is 0 Å². The third kappa shape index (κ3) is 2.43. The SMILES string of the molecule is COC(=O)N1CCc2c([nH]c3ncccc23)C1c1ccc(F)c(F)c1. The van der Waals surface area contributed by atoms with E-state index in [9.17, 15) is 13.6 Å². The summed E-state index contributed by atoms with van der Waals surface area (Å²) in [5.74, 6) is -1.88. The zero-order valence-electron chi connectivity index (χ0n) is 13.4. The van der Waals surface area contributed by atoms with Crippen LogP contribution in [0, 0.1) is 11.6 Å². The van der Waals surface area contributed by atoms with Crippen LogP contribution in [0.4, 0.5) is 13.6 Å². The van der Waals surface area contributed by atoms with Crippen molar-refractivity contribution in [1.29, 1.82) is 0 Å². The van der Waals surface area contributed by atoms with E-state index in [0.717, 1.165) is 28.8 Å². The molecule has 0 radical (unpaired) electrons. The molecule has 2 aromatic heterocycles. The minimum Gasteiger partial charge on any atom is -0.453 e. The predicted molar refractivity (Wildman–Crippen MR) is 87.1 cm³/mol. The van der Waals surface area contributed by atoms with Gasteiger partial charge in [0.05, 0.1) is 7.11 Å². The Hall–Kier alpha value is -2.96. The Bertz CT molecular complexity index is 970. The average Bonchev–Trinajstić information content (AvgIpc) is 3.01. The van der Waals surface area contributed by atoms with E-state index in [-0.39, 0.29) is 0 Å². The van der Waals surface area contributed by atoms with Gasteiger partial charge < -0.3 is 9.72 Å². The van der Waals surface area contributed by atoms with Gasteiger partial charge in [-0.05, 0) is 41.8 Å². The summed E-state index contributed by atoms with van der Waals surface area (Å²) >= 11 is 0. The van der Waals surface area contributed by atoms with Crippen molar-refractivity contribution in [2.75, 3.05) is 13.7 Å². The molecule has 1 atom stereocenters. The van der Waals surface area contributed by atoms with Gasteiger partial charge in [0.15, 0.2) is 11.6 Å². The van der Waals surface area contributed by atoms with Crippen molar-refractivity contribution in [3.8, 4) is 0 Å². The van der Waals surface area contributed by atoms with Crippen LogP contribution in [0.15, 0.2) is 36.5 Å². The molecule has 25 heavy (non-hydrogen) atoms. The number of amides is 1. The van der Waals surface area contributed by atoms with Crippen molar-refractivity contribution < 1.29 is 18.3 Å².